The van der Waals surface area contributed by atoms with Gasteiger partial charge in [0.05, 0.1) is 18.4 Å². The van der Waals surface area contributed by atoms with Crippen molar-refractivity contribution in [1.29, 1.82) is 0 Å². The van der Waals surface area contributed by atoms with Crippen molar-refractivity contribution in [3.63, 3.8) is 0 Å². The molecule has 0 fully saturated rings. The summed E-state index contributed by atoms with van der Waals surface area (Å²) in [5, 5.41) is 3.15. The van der Waals surface area contributed by atoms with Crippen LogP contribution in [0.1, 0.15) is 10.4 Å². The quantitative estimate of drug-likeness (QED) is 0.876. The highest BCUT2D eigenvalue weighted by molar-refractivity contribution is 6.30. The maximum Gasteiger partial charge on any atom is 0.338 e. The summed E-state index contributed by atoms with van der Waals surface area (Å²) in [4.78, 5) is 15.4. The number of hydrogen-bond donors (Lipinski definition) is 1. The van der Waals surface area contributed by atoms with Crippen LogP contribution < -0.4 is 5.32 Å². The molecule has 0 unspecified atom stereocenters. The zero-order chi connectivity index (χ0) is 13.8. The molecule has 0 saturated carbocycles. The molecule has 0 aliphatic carbocycles. The SMILES string of the molecule is COC(=O)c1ccnc(Nc2cc(Cl)ccc2F)c1. The fraction of sp³-hybridized carbons (Fsp3) is 0.0769. The van der Waals surface area contributed by atoms with Gasteiger partial charge in [-0.15, -0.1) is 0 Å². The van der Waals surface area contributed by atoms with Gasteiger partial charge in [0.2, 0.25) is 0 Å². The predicted molar refractivity (Wildman–Crippen MR) is 70.3 cm³/mol. The van der Waals surface area contributed by atoms with E-state index in [1.807, 2.05) is 0 Å². The van der Waals surface area contributed by atoms with Crippen molar-refractivity contribution in [3.05, 3.63) is 52.9 Å². The largest absolute Gasteiger partial charge is 0.465 e. The lowest BCUT2D eigenvalue weighted by molar-refractivity contribution is 0.0600. The second kappa shape index (κ2) is 5.67. The summed E-state index contributed by atoms with van der Waals surface area (Å²) >= 11 is 5.79. The molecule has 1 N–H and O–H groups in total. The molecule has 19 heavy (non-hydrogen) atoms. The van der Waals surface area contributed by atoms with Crippen molar-refractivity contribution in [1.82, 2.24) is 4.98 Å². The average Bonchev–Trinajstić information content (AvgIpc) is 2.42. The van der Waals surface area contributed by atoms with Gasteiger partial charge in [-0.1, -0.05) is 11.6 Å². The maximum atomic E-state index is 13.5. The van der Waals surface area contributed by atoms with E-state index in [2.05, 4.69) is 15.0 Å². The number of nitrogens with one attached hydrogen (secondary N) is 1. The first-order valence-corrected chi connectivity index (χ1v) is 5.74. The van der Waals surface area contributed by atoms with Gasteiger partial charge in [-0.25, -0.2) is 14.2 Å². The first-order chi connectivity index (χ1) is 9.10. The fourth-order valence-corrected chi connectivity index (χ4v) is 1.65. The van der Waals surface area contributed by atoms with Gasteiger partial charge >= 0.3 is 5.97 Å². The van der Waals surface area contributed by atoms with Crippen molar-refractivity contribution in [3.8, 4) is 0 Å². The van der Waals surface area contributed by atoms with E-state index < -0.39 is 11.8 Å². The van der Waals surface area contributed by atoms with E-state index in [9.17, 15) is 9.18 Å². The van der Waals surface area contributed by atoms with Crippen LogP contribution in [0.3, 0.4) is 0 Å². The van der Waals surface area contributed by atoms with E-state index in [0.717, 1.165) is 0 Å². The van der Waals surface area contributed by atoms with E-state index in [1.165, 1.54) is 43.6 Å². The van der Waals surface area contributed by atoms with Gasteiger partial charge < -0.3 is 10.1 Å². The van der Waals surface area contributed by atoms with Crippen molar-refractivity contribution in [2.75, 3.05) is 12.4 Å². The van der Waals surface area contributed by atoms with E-state index in [0.29, 0.717) is 16.4 Å². The molecule has 0 radical (unpaired) electrons. The number of pyridine rings is 1. The van der Waals surface area contributed by atoms with Gasteiger partial charge in [-0.2, -0.15) is 0 Å². The Kier molecular flexibility index (Phi) is 3.97. The van der Waals surface area contributed by atoms with Gasteiger partial charge in [0.25, 0.3) is 0 Å². The average molecular weight is 281 g/mol. The second-order valence-corrected chi connectivity index (χ2v) is 4.11. The molecule has 0 bridgehead atoms. The molecule has 1 aromatic carbocycles. The molecular formula is C13H10ClFN2O2. The normalized spacial score (nSPS) is 10.1. The van der Waals surface area contributed by atoms with E-state index >= 15 is 0 Å². The van der Waals surface area contributed by atoms with Crippen LogP contribution in [0, 0.1) is 5.82 Å². The molecule has 0 spiro atoms. The first kappa shape index (κ1) is 13.3. The van der Waals surface area contributed by atoms with E-state index in [-0.39, 0.29) is 5.69 Å². The summed E-state index contributed by atoms with van der Waals surface area (Å²) in [7, 11) is 1.28. The molecular weight excluding hydrogens is 271 g/mol. The summed E-state index contributed by atoms with van der Waals surface area (Å²) in [5.74, 6) is -0.629. The topological polar surface area (TPSA) is 51.2 Å². The molecule has 0 amide bonds. The Labute approximate surface area is 114 Å². The maximum absolute atomic E-state index is 13.5. The zero-order valence-corrected chi connectivity index (χ0v) is 10.7. The zero-order valence-electron chi connectivity index (χ0n) is 9.98. The van der Waals surface area contributed by atoms with Crippen LogP contribution in [0.15, 0.2) is 36.5 Å². The number of methoxy groups -OCH3 is 1. The Bertz CT molecular complexity index is 619. The van der Waals surface area contributed by atoms with Gasteiger partial charge in [0.15, 0.2) is 0 Å². The highest BCUT2D eigenvalue weighted by Crippen LogP contribution is 2.23. The molecule has 6 heteroatoms. The Morgan fingerprint density at radius 3 is 2.89 bits per heavy atom. The minimum Gasteiger partial charge on any atom is -0.465 e. The molecule has 0 aliphatic rings. The molecule has 4 nitrogen and oxygen atoms in total. The number of halogens is 2. The van der Waals surface area contributed by atoms with Crippen LogP contribution in [0.5, 0.6) is 0 Å². The summed E-state index contributed by atoms with van der Waals surface area (Å²) in [5.41, 5.74) is 0.504. The van der Waals surface area contributed by atoms with E-state index in [4.69, 9.17) is 11.6 Å². The van der Waals surface area contributed by atoms with Gasteiger partial charge in [0, 0.05) is 11.2 Å². The predicted octanol–water partition coefficient (Wildman–Crippen LogP) is 3.40. The van der Waals surface area contributed by atoms with Crippen molar-refractivity contribution in [2.24, 2.45) is 0 Å². The molecule has 0 aliphatic heterocycles. The number of carbonyl (C=O) groups excluding carboxylic acids is 1. The van der Waals surface area contributed by atoms with Crippen LogP contribution >= 0.6 is 11.6 Å². The lowest BCUT2D eigenvalue weighted by Gasteiger charge is -2.08. The van der Waals surface area contributed by atoms with Gasteiger partial charge in [-0.3, -0.25) is 0 Å². The van der Waals surface area contributed by atoms with Crippen molar-refractivity contribution in [2.45, 2.75) is 0 Å². The summed E-state index contributed by atoms with van der Waals surface area (Å²) in [6, 6.07) is 7.09. The number of anilines is 2. The number of carbonyl (C=O) groups is 1. The van der Waals surface area contributed by atoms with Crippen LogP contribution in [0.25, 0.3) is 0 Å². The number of ether oxygens (including phenoxy) is 1. The number of nitrogens with zero attached hydrogens (tertiary/aromatic N) is 1. The third kappa shape index (κ3) is 3.20. The van der Waals surface area contributed by atoms with Crippen molar-refractivity contribution >= 4 is 29.1 Å². The van der Waals surface area contributed by atoms with Crippen molar-refractivity contribution < 1.29 is 13.9 Å². The third-order valence-corrected chi connectivity index (χ3v) is 2.61. The second-order valence-electron chi connectivity index (χ2n) is 3.67. The Morgan fingerprint density at radius 1 is 1.37 bits per heavy atom. The molecule has 0 atom stereocenters. The summed E-state index contributed by atoms with van der Waals surface area (Å²) in [6.07, 6.45) is 1.43. The minimum absolute atomic E-state index is 0.182. The van der Waals surface area contributed by atoms with Crippen LogP contribution in [0.2, 0.25) is 5.02 Å². The van der Waals surface area contributed by atoms with Crippen LogP contribution in [0.4, 0.5) is 15.9 Å². The summed E-state index contributed by atoms with van der Waals surface area (Å²) < 4.78 is 18.1. The fourth-order valence-electron chi connectivity index (χ4n) is 1.47. The molecule has 98 valence electrons. The number of esters is 1. The molecule has 1 aromatic heterocycles. The lowest BCUT2D eigenvalue weighted by atomic mass is 10.2. The highest BCUT2D eigenvalue weighted by Gasteiger charge is 2.08. The number of rotatable bonds is 3. The number of aromatic nitrogens is 1. The monoisotopic (exact) mass is 280 g/mol. The third-order valence-electron chi connectivity index (χ3n) is 2.37. The standard InChI is InChI=1S/C13H10ClFN2O2/c1-19-13(18)8-4-5-16-12(6-8)17-11-7-9(14)2-3-10(11)15/h2-7H,1H3,(H,16,17). The first-order valence-electron chi connectivity index (χ1n) is 5.36. The van der Waals surface area contributed by atoms with Gasteiger partial charge in [-0.05, 0) is 30.3 Å². The molecule has 2 rings (SSSR count). The highest BCUT2D eigenvalue weighted by atomic mass is 35.5. The van der Waals surface area contributed by atoms with Crippen LogP contribution in [-0.2, 0) is 4.74 Å². The molecule has 1 heterocycles. The Morgan fingerprint density at radius 2 is 2.16 bits per heavy atom. The Balaban J connectivity index is 2.28. The molecule has 2 aromatic rings. The number of benzene rings is 1. The lowest BCUT2D eigenvalue weighted by Crippen LogP contribution is -2.03. The number of hydrogen-bond acceptors (Lipinski definition) is 4. The summed E-state index contributed by atoms with van der Waals surface area (Å²) in [6.45, 7) is 0. The van der Waals surface area contributed by atoms with Crippen LogP contribution in [-0.4, -0.2) is 18.1 Å². The Hall–Kier alpha value is -2.14. The van der Waals surface area contributed by atoms with E-state index in [1.54, 1.807) is 0 Å². The smallest absolute Gasteiger partial charge is 0.338 e. The minimum atomic E-state index is -0.489. The molecule has 0 saturated heterocycles. The van der Waals surface area contributed by atoms with Gasteiger partial charge in [0.1, 0.15) is 11.6 Å².